The maximum absolute atomic E-state index is 12.0. The highest BCUT2D eigenvalue weighted by molar-refractivity contribution is 5.97. The Labute approximate surface area is 106 Å². The minimum Gasteiger partial charge on any atom is -0.462 e. The van der Waals surface area contributed by atoms with Crippen LogP contribution in [0.3, 0.4) is 0 Å². The Morgan fingerprint density at radius 1 is 1.44 bits per heavy atom. The lowest BCUT2D eigenvalue weighted by atomic mass is 10.1. The number of carbonyl (C=O) groups is 1. The maximum Gasteiger partial charge on any atom is 0.340 e. The van der Waals surface area contributed by atoms with Gasteiger partial charge in [-0.25, -0.2) is 4.79 Å². The molecule has 0 N–H and O–H groups in total. The van der Waals surface area contributed by atoms with Crippen molar-refractivity contribution in [3.05, 3.63) is 41.7 Å². The van der Waals surface area contributed by atoms with Crippen LogP contribution in [0.2, 0.25) is 0 Å². The zero-order chi connectivity index (χ0) is 13.1. The van der Waals surface area contributed by atoms with Gasteiger partial charge in [-0.3, -0.25) is 4.98 Å². The number of aromatic nitrogens is 2. The molecule has 2 rings (SSSR count). The fourth-order valence-electron chi connectivity index (χ4n) is 2.06. The minimum absolute atomic E-state index is 0.295. The molecule has 0 aromatic carbocycles. The molecule has 0 aliphatic carbocycles. The zero-order valence-electron chi connectivity index (χ0n) is 10.8. The molecule has 0 spiro atoms. The Morgan fingerprint density at radius 2 is 2.22 bits per heavy atom. The van der Waals surface area contributed by atoms with Crippen LogP contribution < -0.4 is 0 Å². The second-order valence-corrected chi connectivity index (χ2v) is 4.08. The normalized spacial score (nSPS) is 10.4. The molecule has 0 aliphatic heterocycles. The van der Waals surface area contributed by atoms with Gasteiger partial charge in [0.2, 0.25) is 0 Å². The van der Waals surface area contributed by atoms with Crippen LogP contribution in [0.25, 0.3) is 11.4 Å². The Morgan fingerprint density at radius 3 is 2.83 bits per heavy atom. The van der Waals surface area contributed by atoms with Crippen LogP contribution in [0.15, 0.2) is 30.6 Å². The van der Waals surface area contributed by atoms with Crippen molar-refractivity contribution in [1.29, 1.82) is 0 Å². The van der Waals surface area contributed by atoms with Gasteiger partial charge in [-0.05, 0) is 31.5 Å². The fraction of sp³-hybridized carbons (Fsp3) is 0.286. The first-order chi connectivity index (χ1) is 8.65. The number of pyridine rings is 1. The van der Waals surface area contributed by atoms with Gasteiger partial charge in [0, 0.05) is 19.4 Å². The SMILES string of the molecule is CCOC(=O)c1c(C)cn(C)c1-c1ccccn1. The third kappa shape index (κ3) is 2.14. The molecule has 0 radical (unpaired) electrons. The maximum atomic E-state index is 12.0. The molecule has 4 nitrogen and oxygen atoms in total. The first-order valence-electron chi connectivity index (χ1n) is 5.89. The van der Waals surface area contributed by atoms with Crippen LogP contribution in [0, 0.1) is 6.92 Å². The van der Waals surface area contributed by atoms with Crippen molar-refractivity contribution in [3.8, 4) is 11.4 Å². The van der Waals surface area contributed by atoms with E-state index in [4.69, 9.17) is 4.74 Å². The highest BCUT2D eigenvalue weighted by Gasteiger charge is 2.21. The topological polar surface area (TPSA) is 44.1 Å². The summed E-state index contributed by atoms with van der Waals surface area (Å²) in [5, 5.41) is 0. The number of ether oxygens (including phenoxy) is 1. The van der Waals surface area contributed by atoms with E-state index in [9.17, 15) is 4.79 Å². The van der Waals surface area contributed by atoms with Gasteiger partial charge in [0.25, 0.3) is 0 Å². The molecular weight excluding hydrogens is 228 g/mol. The molecule has 94 valence electrons. The van der Waals surface area contributed by atoms with Gasteiger partial charge in [-0.2, -0.15) is 0 Å². The van der Waals surface area contributed by atoms with Crippen molar-refractivity contribution in [2.24, 2.45) is 7.05 Å². The van der Waals surface area contributed by atoms with E-state index >= 15 is 0 Å². The first kappa shape index (κ1) is 12.4. The van der Waals surface area contributed by atoms with Crippen LogP contribution in [0.1, 0.15) is 22.8 Å². The van der Waals surface area contributed by atoms with E-state index in [1.165, 1.54) is 0 Å². The minimum atomic E-state index is -0.295. The fourth-order valence-corrected chi connectivity index (χ4v) is 2.06. The van der Waals surface area contributed by atoms with Gasteiger partial charge in [0.1, 0.15) is 0 Å². The molecule has 2 heterocycles. The Balaban J connectivity index is 2.57. The summed E-state index contributed by atoms with van der Waals surface area (Å²) in [6, 6.07) is 5.64. The summed E-state index contributed by atoms with van der Waals surface area (Å²) in [5.74, 6) is -0.295. The van der Waals surface area contributed by atoms with Gasteiger partial charge in [0.15, 0.2) is 0 Å². The summed E-state index contributed by atoms with van der Waals surface area (Å²) in [6.45, 7) is 4.07. The molecule has 0 atom stereocenters. The molecule has 0 unspecified atom stereocenters. The van der Waals surface area contributed by atoms with Crippen LogP contribution in [-0.2, 0) is 11.8 Å². The van der Waals surface area contributed by atoms with E-state index in [0.29, 0.717) is 12.2 Å². The summed E-state index contributed by atoms with van der Waals surface area (Å²) in [7, 11) is 1.90. The van der Waals surface area contributed by atoms with Gasteiger partial charge < -0.3 is 9.30 Å². The molecule has 0 aliphatic rings. The van der Waals surface area contributed by atoms with Crippen molar-refractivity contribution in [3.63, 3.8) is 0 Å². The molecule has 0 saturated heterocycles. The number of nitrogens with zero attached hydrogens (tertiary/aromatic N) is 2. The predicted octanol–water partition coefficient (Wildman–Crippen LogP) is 2.57. The zero-order valence-corrected chi connectivity index (χ0v) is 10.8. The summed E-state index contributed by atoms with van der Waals surface area (Å²) < 4.78 is 7.01. The summed E-state index contributed by atoms with van der Waals surface area (Å²) >= 11 is 0. The Bertz CT molecular complexity index is 559. The summed E-state index contributed by atoms with van der Waals surface area (Å²) in [4.78, 5) is 16.3. The number of esters is 1. The number of carbonyl (C=O) groups excluding carboxylic acids is 1. The van der Waals surface area contributed by atoms with Crippen molar-refractivity contribution >= 4 is 5.97 Å². The van der Waals surface area contributed by atoms with E-state index in [2.05, 4.69) is 4.98 Å². The van der Waals surface area contributed by atoms with Crippen molar-refractivity contribution in [2.45, 2.75) is 13.8 Å². The third-order valence-electron chi connectivity index (χ3n) is 2.76. The summed E-state index contributed by atoms with van der Waals surface area (Å²) in [6.07, 6.45) is 3.63. The second-order valence-electron chi connectivity index (χ2n) is 4.08. The van der Waals surface area contributed by atoms with Gasteiger partial charge in [0.05, 0.1) is 23.6 Å². The second kappa shape index (κ2) is 5.04. The molecule has 2 aromatic heterocycles. The van der Waals surface area contributed by atoms with E-state index in [1.54, 1.807) is 13.1 Å². The quantitative estimate of drug-likeness (QED) is 0.779. The lowest BCUT2D eigenvalue weighted by Crippen LogP contribution is -2.08. The average Bonchev–Trinajstić information content (AvgIpc) is 2.65. The lowest BCUT2D eigenvalue weighted by Gasteiger charge is -2.07. The molecule has 0 amide bonds. The predicted molar refractivity (Wildman–Crippen MR) is 69.3 cm³/mol. The van der Waals surface area contributed by atoms with Crippen molar-refractivity contribution in [1.82, 2.24) is 9.55 Å². The van der Waals surface area contributed by atoms with Crippen molar-refractivity contribution in [2.75, 3.05) is 6.61 Å². The lowest BCUT2D eigenvalue weighted by molar-refractivity contribution is 0.0526. The molecule has 2 aromatic rings. The number of rotatable bonds is 3. The monoisotopic (exact) mass is 244 g/mol. The van der Waals surface area contributed by atoms with Crippen LogP contribution >= 0.6 is 0 Å². The number of hydrogen-bond donors (Lipinski definition) is 0. The molecular formula is C14H16N2O2. The van der Waals surface area contributed by atoms with Crippen LogP contribution in [-0.4, -0.2) is 22.1 Å². The average molecular weight is 244 g/mol. The van der Waals surface area contributed by atoms with Gasteiger partial charge >= 0.3 is 5.97 Å². The van der Waals surface area contributed by atoms with E-state index in [0.717, 1.165) is 17.0 Å². The van der Waals surface area contributed by atoms with Gasteiger partial charge in [-0.15, -0.1) is 0 Å². The van der Waals surface area contributed by atoms with E-state index in [1.807, 2.05) is 42.9 Å². The largest absolute Gasteiger partial charge is 0.462 e. The summed E-state index contributed by atoms with van der Waals surface area (Å²) in [5.41, 5.74) is 3.07. The number of hydrogen-bond acceptors (Lipinski definition) is 3. The Hall–Kier alpha value is -2.10. The van der Waals surface area contributed by atoms with Gasteiger partial charge in [-0.1, -0.05) is 6.07 Å². The van der Waals surface area contributed by atoms with E-state index < -0.39 is 0 Å². The molecule has 0 saturated carbocycles. The Kier molecular flexibility index (Phi) is 3.46. The number of aryl methyl sites for hydroxylation is 2. The van der Waals surface area contributed by atoms with E-state index in [-0.39, 0.29) is 5.97 Å². The molecule has 4 heteroatoms. The highest BCUT2D eigenvalue weighted by Crippen LogP contribution is 2.26. The highest BCUT2D eigenvalue weighted by atomic mass is 16.5. The van der Waals surface area contributed by atoms with Crippen molar-refractivity contribution < 1.29 is 9.53 Å². The molecule has 0 bridgehead atoms. The smallest absolute Gasteiger partial charge is 0.340 e. The molecule has 0 fully saturated rings. The van der Waals surface area contributed by atoms with Crippen LogP contribution in [0.4, 0.5) is 0 Å². The third-order valence-corrected chi connectivity index (χ3v) is 2.76. The molecule has 18 heavy (non-hydrogen) atoms. The standard InChI is InChI=1S/C14H16N2O2/c1-4-18-14(17)12-10(2)9-16(3)13(12)11-7-5-6-8-15-11/h5-9H,4H2,1-3H3. The first-order valence-corrected chi connectivity index (χ1v) is 5.89. The van der Waals surface area contributed by atoms with Crippen LogP contribution in [0.5, 0.6) is 0 Å².